The summed E-state index contributed by atoms with van der Waals surface area (Å²) in [5.41, 5.74) is 6.34. The molecule has 0 unspecified atom stereocenters. The highest BCUT2D eigenvalue weighted by Gasteiger charge is 2.05. The Labute approximate surface area is 117 Å². The highest BCUT2D eigenvalue weighted by Crippen LogP contribution is 2.20. The zero-order valence-corrected chi connectivity index (χ0v) is 11.7. The molecule has 0 radical (unpaired) electrons. The Bertz CT molecular complexity index is 555. The van der Waals surface area contributed by atoms with Crippen molar-refractivity contribution in [2.45, 2.75) is 26.7 Å². The van der Waals surface area contributed by atoms with Crippen LogP contribution in [0.5, 0.6) is 5.88 Å². The number of nitrogens with zero attached hydrogens (tertiary/aromatic N) is 3. The van der Waals surface area contributed by atoms with Crippen molar-refractivity contribution in [3.8, 4) is 5.88 Å². The molecule has 0 aliphatic heterocycles. The molecule has 3 N–H and O–H groups in total. The molecule has 7 nitrogen and oxygen atoms in total. The summed E-state index contributed by atoms with van der Waals surface area (Å²) in [6, 6.07) is 3.59. The molecule has 0 fully saturated rings. The molecular formula is C13H19N5O2. The van der Waals surface area contributed by atoms with E-state index in [1.165, 1.54) is 0 Å². The van der Waals surface area contributed by atoms with Gasteiger partial charge >= 0.3 is 0 Å². The normalized spacial score (nSPS) is 10.5. The number of nitrogen functional groups attached to an aromatic ring is 1. The molecule has 20 heavy (non-hydrogen) atoms. The smallest absolute Gasteiger partial charge is 0.239 e. The highest BCUT2D eigenvalue weighted by molar-refractivity contribution is 5.53. The van der Waals surface area contributed by atoms with Gasteiger partial charge in [0.25, 0.3) is 0 Å². The van der Waals surface area contributed by atoms with Crippen LogP contribution >= 0.6 is 0 Å². The van der Waals surface area contributed by atoms with Gasteiger partial charge in [-0.1, -0.05) is 12.1 Å². The van der Waals surface area contributed by atoms with Crippen LogP contribution in [-0.2, 0) is 6.42 Å². The average molecular weight is 277 g/mol. The minimum absolute atomic E-state index is 0.463. The van der Waals surface area contributed by atoms with Crippen LogP contribution in [0.15, 0.2) is 16.7 Å². The van der Waals surface area contributed by atoms with Crippen LogP contribution in [0, 0.1) is 6.92 Å². The molecule has 2 rings (SSSR count). The van der Waals surface area contributed by atoms with E-state index in [1.54, 1.807) is 13.0 Å². The Kier molecular flexibility index (Phi) is 4.75. The molecule has 2 aromatic heterocycles. The van der Waals surface area contributed by atoms with Gasteiger partial charge in [-0.2, -0.15) is 9.97 Å². The Morgan fingerprint density at radius 3 is 2.90 bits per heavy atom. The molecule has 0 aromatic carbocycles. The second-order valence-electron chi connectivity index (χ2n) is 4.35. The van der Waals surface area contributed by atoms with E-state index >= 15 is 0 Å². The van der Waals surface area contributed by atoms with Crippen molar-refractivity contribution in [2.24, 2.45) is 0 Å². The molecule has 108 valence electrons. The summed E-state index contributed by atoms with van der Waals surface area (Å²) < 4.78 is 10.5. The van der Waals surface area contributed by atoms with Gasteiger partial charge in [-0.15, -0.1) is 0 Å². The first-order chi connectivity index (χ1) is 9.69. The number of ether oxygens (including phenoxy) is 1. The maximum absolute atomic E-state index is 5.80. The molecule has 0 aliphatic carbocycles. The predicted molar refractivity (Wildman–Crippen MR) is 75.7 cm³/mol. The summed E-state index contributed by atoms with van der Waals surface area (Å²) in [6.07, 6.45) is 1.55. The largest absolute Gasteiger partial charge is 0.476 e. The van der Waals surface area contributed by atoms with Crippen LogP contribution in [0.3, 0.4) is 0 Å². The first-order valence-corrected chi connectivity index (χ1v) is 6.61. The van der Waals surface area contributed by atoms with Crippen LogP contribution in [0.25, 0.3) is 0 Å². The second-order valence-corrected chi connectivity index (χ2v) is 4.35. The number of pyridine rings is 1. The summed E-state index contributed by atoms with van der Waals surface area (Å²) in [6.45, 7) is 5.07. The van der Waals surface area contributed by atoms with Gasteiger partial charge in [-0.3, -0.25) is 0 Å². The van der Waals surface area contributed by atoms with Gasteiger partial charge in [0.2, 0.25) is 11.8 Å². The van der Waals surface area contributed by atoms with Crippen molar-refractivity contribution in [1.29, 1.82) is 0 Å². The van der Waals surface area contributed by atoms with Gasteiger partial charge in [0.05, 0.1) is 12.3 Å². The molecule has 0 spiro atoms. The summed E-state index contributed by atoms with van der Waals surface area (Å²) in [5.74, 6) is 2.42. The minimum atomic E-state index is 0.463. The zero-order chi connectivity index (χ0) is 14.4. The zero-order valence-electron chi connectivity index (χ0n) is 11.7. The summed E-state index contributed by atoms with van der Waals surface area (Å²) >= 11 is 0. The lowest BCUT2D eigenvalue weighted by atomic mass is 10.3. The maximum Gasteiger partial charge on any atom is 0.239 e. The Morgan fingerprint density at radius 2 is 2.20 bits per heavy atom. The van der Waals surface area contributed by atoms with Gasteiger partial charge in [-0.25, -0.2) is 0 Å². The van der Waals surface area contributed by atoms with E-state index in [9.17, 15) is 0 Å². The van der Waals surface area contributed by atoms with E-state index in [0.29, 0.717) is 48.7 Å². The van der Waals surface area contributed by atoms with Crippen molar-refractivity contribution in [2.75, 3.05) is 24.2 Å². The maximum atomic E-state index is 5.80. The molecule has 0 saturated heterocycles. The highest BCUT2D eigenvalue weighted by atomic mass is 16.5. The Balaban J connectivity index is 1.89. The lowest BCUT2D eigenvalue weighted by molar-refractivity contribution is 0.307. The van der Waals surface area contributed by atoms with Gasteiger partial charge in [0.15, 0.2) is 5.82 Å². The van der Waals surface area contributed by atoms with Gasteiger partial charge in [-0.05, 0) is 25.5 Å². The molecule has 0 bridgehead atoms. The van der Waals surface area contributed by atoms with Crippen molar-refractivity contribution >= 4 is 11.5 Å². The van der Waals surface area contributed by atoms with Crippen LogP contribution in [0.1, 0.15) is 25.1 Å². The summed E-state index contributed by atoms with van der Waals surface area (Å²) in [5, 5.41) is 6.91. The fourth-order valence-corrected chi connectivity index (χ4v) is 1.60. The minimum Gasteiger partial charge on any atom is -0.476 e. The number of aryl methyl sites for hydroxylation is 1. The fraction of sp³-hybridized carbons (Fsp3) is 0.462. The van der Waals surface area contributed by atoms with E-state index in [2.05, 4.69) is 20.4 Å². The van der Waals surface area contributed by atoms with Crippen molar-refractivity contribution in [1.82, 2.24) is 15.1 Å². The average Bonchev–Trinajstić information content (AvgIpc) is 2.85. The number of nitrogens with two attached hydrogens (primary N) is 1. The molecule has 2 heterocycles. The summed E-state index contributed by atoms with van der Waals surface area (Å²) in [4.78, 5) is 8.45. The van der Waals surface area contributed by atoms with E-state index in [4.69, 9.17) is 15.0 Å². The number of hydrogen-bond donors (Lipinski definition) is 2. The second kappa shape index (κ2) is 6.74. The van der Waals surface area contributed by atoms with Crippen LogP contribution in [-0.4, -0.2) is 28.3 Å². The predicted octanol–water partition coefficient (Wildman–Crippen LogP) is 1.80. The van der Waals surface area contributed by atoms with Crippen molar-refractivity contribution < 1.29 is 9.26 Å². The number of nitrogens with one attached hydrogen (secondary N) is 1. The van der Waals surface area contributed by atoms with Crippen LogP contribution in [0.2, 0.25) is 0 Å². The molecule has 0 atom stereocenters. The quantitative estimate of drug-likeness (QED) is 0.796. The van der Waals surface area contributed by atoms with Crippen molar-refractivity contribution in [3.63, 3.8) is 0 Å². The molecule has 0 saturated carbocycles. The molecule has 0 aliphatic rings. The third-order valence-electron chi connectivity index (χ3n) is 2.55. The van der Waals surface area contributed by atoms with E-state index in [1.807, 2.05) is 13.0 Å². The topological polar surface area (TPSA) is 99.1 Å². The Hall–Kier alpha value is -2.31. The monoisotopic (exact) mass is 277 g/mol. The number of anilines is 2. The third-order valence-corrected chi connectivity index (χ3v) is 2.55. The van der Waals surface area contributed by atoms with E-state index in [0.717, 1.165) is 6.42 Å². The standard InChI is InChI=1S/C13H19N5O2/c1-3-8-19-13-10(14)4-5-11(17-13)15-7-6-12-16-9(2)18-20-12/h4-5H,3,6-8,14H2,1-2H3,(H,15,17). The summed E-state index contributed by atoms with van der Waals surface area (Å²) in [7, 11) is 0. The molecule has 2 aromatic rings. The lowest BCUT2D eigenvalue weighted by Gasteiger charge is -2.09. The van der Waals surface area contributed by atoms with Gasteiger partial charge < -0.3 is 20.3 Å². The first kappa shape index (κ1) is 14.1. The molecular weight excluding hydrogens is 258 g/mol. The number of rotatable bonds is 7. The number of aromatic nitrogens is 3. The fourth-order valence-electron chi connectivity index (χ4n) is 1.60. The third kappa shape index (κ3) is 3.84. The van der Waals surface area contributed by atoms with Crippen LogP contribution in [0.4, 0.5) is 11.5 Å². The molecule has 0 amide bonds. The SMILES string of the molecule is CCCOc1nc(NCCc2nc(C)no2)ccc1N. The first-order valence-electron chi connectivity index (χ1n) is 6.61. The molecule has 7 heteroatoms. The Morgan fingerprint density at radius 1 is 1.35 bits per heavy atom. The van der Waals surface area contributed by atoms with E-state index < -0.39 is 0 Å². The number of hydrogen-bond acceptors (Lipinski definition) is 7. The van der Waals surface area contributed by atoms with Crippen molar-refractivity contribution in [3.05, 3.63) is 23.8 Å². The van der Waals surface area contributed by atoms with Gasteiger partial charge in [0.1, 0.15) is 5.82 Å². The van der Waals surface area contributed by atoms with E-state index in [-0.39, 0.29) is 0 Å². The van der Waals surface area contributed by atoms with Crippen LogP contribution < -0.4 is 15.8 Å². The van der Waals surface area contributed by atoms with Gasteiger partial charge in [0, 0.05) is 13.0 Å². The lowest BCUT2D eigenvalue weighted by Crippen LogP contribution is -2.08.